The molecule has 0 aromatic carbocycles. The molecule has 2 aliphatic rings. The third-order valence-electron chi connectivity index (χ3n) is 3.38. The van der Waals surface area contributed by atoms with Crippen LogP contribution in [0.15, 0.2) is 0 Å². The van der Waals surface area contributed by atoms with Gasteiger partial charge in [-0.05, 0) is 32.6 Å². The molecule has 14 heavy (non-hydrogen) atoms. The van der Waals surface area contributed by atoms with E-state index in [9.17, 15) is 9.90 Å². The van der Waals surface area contributed by atoms with Crippen molar-refractivity contribution in [3.8, 4) is 0 Å². The molecule has 2 aliphatic heterocycles. The first kappa shape index (κ1) is 9.93. The number of hydrogen-bond acceptors (Lipinski definition) is 3. The SMILES string of the molecule is C[C@@H](O)C(=O)N1[C@@H]2CC[C@H]1CC(N)C2. The lowest BCUT2D eigenvalue weighted by molar-refractivity contribution is -0.144. The molecule has 0 aromatic heterocycles. The van der Waals surface area contributed by atoms with Crippen LogP contribution in [-0.4, -0.2) is 40.1 Å². The van der Waals surface area contributed by atoms with Crippen molar-refractivity contribution >= 4 is 5.91 Å². The first-order valence-corrected chi connectivity index (χ1v) is 5.35. The van der Waals surface area contributed by atoms with E-state index in [1.807, 2.05) is 4.90 Å². The van der Waals surface area contributed by atoms with Crippen LogP contribution in [0.25, 0.3) is 0 Å². The van der Waals surface area contributed by atoms with E-state index in [0.717, 1.165) is 25.7 Å². The molecular formula is C10H18N2O2. The van der Waals surface area contributed by atoms with E-state index >= 15 is 0 Å². The van der Waals surface area contributed by atoms with Crippen molar-refractivity contribution in [2.24, 2.45) is 5.73 Å². The third-order valence-corrected chi connectivity index (χ3v) is 3.38. The van der Waals surface area contributed by atoms with E-state index in [4.69, 9.17) is 5.73 Å². The number of hydrogen-bond donors (Lipinski definition) is 2. The minimum Gasteiger partial charge on any atom is -0.384 e. The molecule has 1 unspecified atom stereocenters. The van der Waals surface area contributed by atoms with Crippen molar-refractivity contribution in [3.05, 3.63) is 0 Å². The van der Waals surface area contributed by atoms with Gasteiger partial charge in [0.2, 0.25) is 0 Å². The Hall–Kier alpha value is -0.610. The largest absolute Gasteiger partial charge is 0.384 e. The normalized spacial score (nSPS) is 38.5. The molecule has 0 spiro atoms. The van der Waals surface area contributed by atoms with E-state index < -0.39 is 6.10 Å². The first-order valence-electron chi connectivity index (χ1n) is 5.35. The maximum atomic E-state index is 11.7. The summed E-state index contributed by atoms with van der Waals surface area (Å²) in [5.74, 6) is -0.121. The number of piperidine rings is 1. The van der Waals surface area contributed by atoms with Gasteiger partial charge in [-0.25, -0.2) is 0 Å². The number of amides is 1. The van der Waals surface area contributed by atoms with Crippen molar-refractivity contribution in [1.29, 1.82) is 0 Å². The molecule has 0 aliphatic carbocycles. The number of aliphatic hydroxyl groups is 1. The van der Waals surface area contributed by atoms with Gasteiger partial charge in [0.25, 0.3) is 5.91 Å². The van der Waals surface area contributed by atoms with Gasteiger partial charge in [0.05, 0.1) is 0 Å². The van der Waals surface area contributed by atoms with Crippen LogP contribution in [0.2, 0.25) is 0 Å². The van der Waals surface area contributed by atoms with Crippen LogP contribution in [0, 0.1) is 0 Å². The predicted molar refractivity (Wildman–Crippen MR) is 52.5 cm³/mol. The highest BCUT2D eigenvalue weighted by Crippen LogP contribution is 2.35. The molecule has 3 N–H and O–H groups in total. The summed E-state index contributed by atoms with van der Waals surface area (Å²) in [6, 6.07) is 0.808. The predicted octanol–water partition coefficient (Wildman–Crippen LogP) is -0.152. The number of rotatable bonds is 1. The molecule has 1 amide bonds. The quantitative estimate of drug-likeness (QED) is 0.615. The van der Waals surface area contributed by atoms with Crippen molar-refractivity contribution in [2.45, 2.75) is 56.8 Å². The monoisotopic (exact) mass is 198 g/mol. The number of aliphatic hydroxyl groups excluding tert-OH is 1. The minimum atomic E-state index is -0.868. The molecule has 2 heterocycles. The van der Waals surface area contributed by atoms with Gasteiger partial charge >= 0.3 is 0 Å². The molecule has 0 saturated carbocycles. The highest BCUT2D eigenvalue weighted by molar-refractivity contribution is 5.81. The Bertz CT molecular complexity index is 228. The van der Waals surface area contributed by atoms with E-state index in [1.165, 1.54) is 6.92 Å². The molecule has 4 nitrogen and oxygen atoms in total. The zero-order valence-electron chi connectivity index (χ0n) is 8.52. The second kappa shape index (κ2) is 3.51. The van der Waals surface area contributed by atoms with Crippen LogP contribution in [0.4, 0.5) is 0 Å². The second-order valence-electron chi connectivity index (χ2n) is 4.54. The Morgan fingerprint density at radius 3 is 2.36 bits per heavy atom. The minimum absolute atomic E-state index is 0.121. The Labute approximate surface area is 84.1 Å². The summed E-state index contributed by atoms with van der Waals surface area (Å²) in [5.41, 5.74) is 5.89. The average molecular weight is 198 g/mol. The lowest BCUT2D eigenvalue weighted by Crippen LogP contribution is -2.52. The Morgan fingerprint density at radius 1 is 1.43 bits per heavy atom. The fourth-order valence-electron chi connectivity index (χ4n) is 2.79. The highest BCUT2D eigenvalue weighted by Gasteiger charge is 2.42. The number of carbonyl (C=O) groups is 1. The molecule has 80 valence electrons. The summed E-state index contributed by atoms with van der Waals surface area (Å²) in [5, 5.41) is 9.28. The van der Waals surface area contributed by atoms with Gasteiger partial charge < -0.3 is 15.7 Å². The molecule has 2 bridgehead atoms. The van der Waals surface area contributed by atoms with Gasteiger partial charge in [-0.15, -0.1) is 0 Å². The third kappa shape index (κ3) is 1.53. The van der Waals surface area contributed by atoms with Crippen molar-refractivity contribution in [1.82, 2.24) is 4.90 Å². The van der Waals surface area contributed by atoms with Crippen LogP contribution >= 0.6 is 0 Å². The van der Waals surface area contributed by atoms with Crippen LogP contribution in [0.1, 0.15) is 32.6 Å². The van der Waals surface area contributed by atoms with Crippen LogP contribution < -0.4 is 5.73 Å². The molecule has 4 atom stereocenters. The van der Waals surface area contributed by atoms with Crippen LogP contribution in [-0.2, 0) is 4.79 Å². The Morgan fingerprint density at radius 2 is 1.93 bits per heavy atom. The smallest absolute Gasteiger partial charge is 0.251 e. The summed E-state index contributed by atoms with van der Waals surface area (Å²) in [6.45, 7) is 1.54. The van der Waals surface area contributed by atoms with Gasteiger partial charge in [0, 0.05) is 18.1 Å². The lowest BCUT2D eigenvalue weighted by Gasteiger charge is -2.38. The van der Waals surface area contributed by atoms with E-state index in [-0.39, 0.29) is 24.0 Å². The topological polar surface area (TPSA) is 66.6 Å². The molecule has 4 heteroatoms. The fourth-order valence-corrected chi connectivity index (χ4v) is 2.79. The zero-order chi connectivity index (χ0) is 10.3. The summed E-state index contributed by atoms with van der Waals surface area (Å²) >= 11 is 0. The van der Waals surface area contributed by atoms with Gasteiger partial charge in [-0.3, -0.25) is 4.79 Å². The van der Waals surface area contributed by atoms with Gasteiger partial charge in [-0.1, -0.05) is 0 Å². The Balaban J connectivity index is 2.11. The van der Waals surface area contributed by atoms with Crippen molar-refractivity contribution < 1.29 is 9.90 Å². The maximum Gasteiger partial charge on any atom is 0.251 e. The zero-order valence-corrected chi connectivity index (χ0v) is 8.52. The highest BCUT2D eigenvalue weighted by atomic mass is 16.3. The number of nitrogens with two attached hydrogens (primary N) is 1. The lowest BCUT2D eigenvalue weighted by atomic mass is 9.97. The summed E-state index contributed by atoms with van der Waals surface area (Å²) in [7, 11) is 0. The van der Waals surface area contributed by atoms with Crippen LogP contribution in [0.5, 0.6) is 0 Å². The molecule has 2 fully saturated rings. The fraction of sp³-hybridized carbons (Fsp3) is 0.900. The maximum absolute atomic E-state index is 11.7. The molecule has 2 saturated heterocycles. The molecule has 0 aromatic rings. The molecular weight excluding hydrogens is 180 g/mol. The number of fused-ring (bicyclic) bond motifs is 2. The number of carbonyl (C=O) groups excluding carboxylic acids is 1. The van der Waals surface area contributed by atoms with E-state index in [0.29, 0.717) is 0 Å². The van der Waals surface area contributed by atoms with E-state index in [2.05, 4.69) is 0 Å². The summed E-state index contributed by atoms with van der Waals surface area (Å²) in [6.07, 6.45) is 3.03. The second-order valence-corrected chi connectivity index (χ2v) is 4.54. The Kier molecular flexibility index (Phi) is 2.49. The summed E-state index contributed by atoms with van der Waals surface area (Å²) in [4.78, 5) is 13.6. The molecule has 0 radical (unpaired) electrons. The van der Waals surface area contributed by atoms with E-state index in [1.54, 1.807) is 0 Å². The average Bonchev–Trinajstić information content (AvgIpc) is 2.37. The van der Waals surface area contributed by atoms with Gasteiger partial charge in [0.1, 0.15) is 6.10 Å². The number of nitrogens with zero attached hydrogens (tertiary/aromatic N) is 1. The summed E-state index contributed by atoms with van der Waals surface area (Å²) < 4.78 is 0. The van der Waals surface area contributed by atoms with Gasteiger partial charge in [-0.2, -0.15) is 0 Å². The van der Waals surface area contributed by atoms with Crippen molar-refractivity contribution in [2.75, 3.05) is 0 Å². The van der Waals surface area contributed by atoms with Crippen molar-refractivity contribution in [3.63, 3.8) is 0 Å². The molecule has 2 rings (SSSR count). The first-order chi connectivity index (χ1) is 6.59. The van der Waals surface area contributed by atoms with Crippen LogP contribution in [0.3, 0.4) is 0 Å². The van der Waals surface area contributed by atoms with Gasteiger partial charge in [0.15, 0.2) is 0 Å². The standard InChI is InChI=1S/C10H18N2O2/c1-6(13)10(14)12-8-2-3-9(12)5-7(11)4-8/h6-9,13H,2-5,11H2,1H3/t6-,7?,8-,9+/m1/s1.